The van der Waals surface area contributed by atoms with Crippen molar-refractivity contribution in [1.82, 2.24) is 0 Å². The molecule has 2 aromatic rings. The van der Waals surface area contributed by atoms with Crippen LogP contribution in [-0.2, 0) is 0 Å². The Morgan fingerprint density at radius 2 is 1.63 bits per heavy atom. The summed E-state index contributed by atoms with van der Waals surface area (Å²) in [6.45, 7) is 0. The molecule has 0 aliphatic carbocycles. The number of rotatable bonds is 3. The smallest absolute Gasteiger partial charge is 0.336 e. The van der Waals surface area contributed by atoms with Crippen LogP contribution < -0.4 is 0 Å². The largest absolute Gasteiger partial charge is 0.506 e. The fourth-order valence-electron chi connectivity index (χ4n) is 1.67. The first-order valence-corrected chi connectivity index (χ1v) is 5.74. The first-order chi connectivity index (χ1) is 9.00. The van der Waals surface area contributed by atoms with Crippen LogP contribution in [0.25, 0.3) is 0 Å². The zero-order valence-electron chi connectivity index (χ0n) is 9.63. The highest BCUT2D eigenvalue weighted by atomic mass is 35.5. The molecule has 0 atom stereocenters. The topological polar surface area (TPSA) is 74.6 Å². The zero-order valence-corrected chi connectivity index (χ0v) is 10.4. The number of aromatic carboxylic acids is 1. The number of carbonyl (C=O) groups excluding carboxylic acids is 1. The molecule has 0 bridgehead atoms. The molecule has 96 valence electrons. The third-order valence-corrected chi connectivity index (χ3v) is 2.91. The maximum absolute atomic E-state index is 12.2. The molecular weight excluding hydrogens is 268 g/mol. The van der Waals surface area contributed by atoms with Gasteiger partial charge in [-0.1, -0.05) is 29.8 Å². The summed E-state index contributed by atoms with van der Waals surface area (Å²) in [4.78, 5) is 23.3. The van der Waals surface area contributed by atoms with Gasteiger partial charge in [0.05, 0.1) is 10.6 Å². The highest BCUT2D eigenvalue weighted by molar-refractivity contribution is 6.32. The Bertz CT molecular complexity index is 664. The second kappa shape index (κ2) is 5.12. The summed E-state index contributed by atoms with van der Waals surface area (Å²) in [5.41, 5.74) is 0.227. The van der Waals surface area contributed by atoms with E-state index >= 15 is 0 Å². The third kappa shape index (κ3) is 2.58. The molecule has 0 saturated heterocycles. The van der Waals surface area contributed by atoms with Crippen molar-refractivity contribution in [2.45, 2.75) is 0 Å². The highest BCUT2D eigenvalue weighted by Crippen LogP contribution is 2.25. The number of benzene rings is 2. The number of aromatic hydroxyl groups is 1. The molecular formula is C14H9ClO4. The van der Waals surface area contributed by atoms with E-state index in [1.807, 2.05) is 0 Å². The van der Waals surface area contributed by atoms with Gasteiger partial charge in [-0.25, -0.2) is 4.79 Å². The summed E-state index contributed by atoms with van der Waals surface area (Å²) in [5, 5.41) is 18.4. The summed E-state index contributed by atoms with van der Waals surface area (Å²) in [6, 6.07) is 9.91. The van der Waals surface area contributed by atoms with Gasteiger partial charge in [0.2, 0.25) is 0 Å². The number of phenols is 1. The van der Waals surface area contributed by atoms with Crippen molar-refractivity contribution in [2.75, 3.05) is 0 Å². The Morgan fingerprint density at radius 1 is 1.00 bits per heavy atom. The predicted octanol–water partition coefficient (Wildman–Crippen LogP) is 2.97. The van der Waals surface area contributed by atoms with Crippen LogP contribution in [0, 0.1) is 0 Å². The number of carboxylic acid groups (broad SMARTS) is 1. The van der Waals surface area contributed by atoms with Crippen molar-refractivity contribution in [3.8, 4) is 5.75 Å². The van der Waals surface area contributed by atoms with Crippen molar-refractivity contribution in [3.63, 3.8) is 0 Å². The molecule has 0 aliphatic heterocycles. The van der Waals surface area contributed by atoms with E-state index in [0.29, 0.717) is 0 Å². The molecule has 0 saturated carbocycles. The number of hydrogen-bond acceptors (Lipinski definition) is 3. The van der Waals surface area contributed by atoms with Crippen molar-refractivity contribution in [2.24, 2.45) is 0 Å². The summed E-state index contributed by atoms with van der Waals surface area (Å²) in [5.74, 6) is -1.77. The second-order valence-corrected chi connectivity index (χ2v) is 4.25. The van der Waals surface area contributed by atoms with Crippen molar-refractivity contribution >= 4 is 23.4 Å². The molecule has 5 heteroatoms. The SMILES string of the molecule is O=C(O)c1ccccc1C(=O)c1ccc(O)c(Cl)c1. The number of phenolic OH excluding ortho intramolecular Hbond substituents is 1. The molecule has 0 amide bonds. The molecule has 2 rings (SSSR count). The van der Waals surface area contributed by atoms with Crippen LogP contribution in [0.1, 0.15) is 26.3 Å². The lowest BCUT2D eigenvalue weighted by atomic mass is 9.98. The maximum Gasteiger partial charge on any atom is 0.336 e. The summed E-state index contributed by atoms with van der Waals surface area (Å²) in [7, 11) is 0. The fourth-order valence-corrected chi connectivity index (χ4v) is 1.85. The average Bonchev–Trinajstić information content (AvgIpc) is 2.41. The molecule has 2 N–H and O–H groups in total. The van der Waals surface area contributed by atoms with Gasteiger partial charge < -0.3 is 10.2 Å². The summed E-state index contributed by atoms with van der Waals surface area (Å²) in [6.07, 6.45) is 0. The average molecular weight is 277 g/mol. The minimum Gasteiger partial charge on any atom is -0.506 e. The Kier molecular flexibility index (Phi) is 3.53. The van der Waals surface area contributed by atoms with Crippen LogP contribution >= 0.6 is 11.6 Å². The standard InChI is InChI=1S/C14H9ClO4/c15-11-7-8(5-6-12(11)16)13(17)9-3-1-2-4-10(9)14(18)19/h1-7,16H,(H,18,19). The Morgan fingerprint density at radius 3 is 2.21 bits per heavy atom. The van der Waals surface area contributed by atoms with Crippen LogP contribution in [0.4, 0.5) is 0 Å². The molecule has 0 aliphatic rings. The van der Waals surface area contributed by atoms with E-state index in [2.05, 4.69) is 0 Å². The molecule has 0 spiro atoms. The van der Waals surface area contributed by atoms with Crippen LogP contribution in [0.2, 0.25) is 5.02 Å². The van der Waals surface area contributed by atoms with Gasteiger partial charge in [0.15, 0.2) is 5.78 Å². The lowest BCUT2D eigenvalue weighted by molar-refractivity contribution is 0.0693. The second-order valence-electron chi connectivity index (χ2n) is 3.85. The van der Waals surface area contributed by atoms with Gasteiger partial charge >= 0.3 is 5.97 Å². The molecule has 0 unspecified atom stereocenters. The lowest BCUT2D eigenvalue weighted by Crippen LogP contribution is -2.09. The Hall–Kier alpha value is -2.33. The number of carboxylic acids is 1. The van der Waals surface area contributed by atoms with Gasteiger partial charge in [-0.3, -0.25) is 4.79 Å². The number of ketones is 1. The van der Waals surface area contributed by atoms with Gasteiger partial charge in [0.1, 0.15) is 5.75 Å². The zero-order chi connectivity index (χ0) is 14.0. The van der Waals surface area contributed by atoms with E-state index in [1.54, 1.807) is 12.1 Å². The first kappa shape index (κ1) is 13.1. The normalized spacial score (nSPS) is 10.2. The van der Waals surface area contributed by atoms with Gasteiger partial charge in [0.25, 0.3) is 0 Å². The van der Waals surface area contributed by atoms with E-state index in [1.165, 1.54) is 30.3 Å². The number of carbonyl (C=O) groups is 2. The van der Waals surface area contributed by atoms with E-state index in [4.69, 9.17) is 16.7 Å². The van der Waals surface area contributed by atoms with Crippen molar-refractivity contribution in [1.29, 1.82) is 0 Å². The van der Waals surface area contributed by atoms with Gasteiger partial charge in [-0.15, -0.1) is 0 Å². The Labute approximate surface area is 113 Å². The number of halogens is 1. The molecule has 0 heterocycles. The molecule has 2 aromatic carbocycles. The molecule has 4 nitrogen and oxygen atoms in total. The first-order valence-electron chi connectivity index (χ1n) is 5.36. The van der Waals surface area contributed by atoms with E-state index in [0.717, 1.165) is 0 Å². The van der Waals surface area contributed by atoms with Crippen LogP contribution in [0.3, 0.4) is 0 Å². The van der Waals surface area contributed by atoms with Crippen molar-refractivity contribution in [3.05, 3.63) is 64.2 Å². The lowest BCUT2D eigenvalue weighted by Gasteiger charge is -2.06. The van der Waals surface area contributed by atoms with Gasteiger partial charge in [-0.2, -0.15) is 0 Å². The quantitative estimate of drug-likeness (QED) is 0.845. The van der Waals surface area contributed by atoms with Crippen LogP contribution in [-0.4, -0.2) is 22.0 Å². The fraction of sp³-hybridized carbons (Fsp3) is 0. The Balaban J connectivity index is 2.50. The molecule has 0 fully saturated rings. The van der Waals surface area contributed by atoms with E-state index < -0.39 is 11.8 Å². The highest BCUT2D eigenvalue weighted by Gasteiger charge is 2.17. The van der Waals surface area contributed by atoms with E-state index in [9.17, 15) is 14.7 Å². The molecule has 19 heavy (non-hydrogen) atoms. The van der Waals surface area contributed by atoms with E-state index in [-0.39, 0.29) is 27.5 Å². The molecule has 0 radical (unpaired) electrons. The maximum atomic E-state index is 12.2. The minimum absolute atomic E-state index is 0.0404. The molecule has 0 aromatic heterocycles. The predicted molar refractivity (Wildman–Crippen MR) is 70.0 cm³/mol. The van der Waals surface area contributed by atoms with Crippen LogP contribution in [0.15, 0.2) is 42.5 Å². The minimum atomic E-state index is -1.17. The summed E-state index contributed by atoms with van der Waals surface area (Å²) >= 11 is 5.73. The van der Waals surface area contributed by atoms with Crippen molar-refractivity contribution < 1.29 is 19.8 Å². The number of hydrogen-bond donors (Lipinski definition) is 2. The third-order valence-electron chi connectivity index (χ3n) is 2.61. The van der Waals surface area contributed by atoms with Gasteiger partial charge in [0, 0.05) is 11.1 Å². The monoisotopic (exact) mass is 276 g/mol. The van der Waals surface area contributed by atoms with Gasteiger partial charge in [-0.05, 0) is 24.3 Å². The summed E-state index contributed by atoms with van der Waals surface area (Å²) < 4.78 is 0. The van der Waals surface area contributed by atoms with Crippen LogP contribution in [0.5, 0.6) is 5.75 Å².